The molecule has 1 saturated heterocycles. The lowest BCUT2D eigenvalue weighted by Gasteiger charge is -2.28. The number of aryl methyl sites for hydroxylation is 3. The van der Waals surface area contributed by atoms with Crippen molar-refractivity contribution < 1.29 is 0 Å². The molecule has 0 unspecified atom stereocenters. The van der Waals surface area contributed by atoms with Crippen molar-refractivity contribution in [3.8, 4) is 5.69 Å². The van der Waals surface area contributed by atoms with E-state index in [0.717, 1.165) is 33.5 Å². The second-order valence-corrected chi connectivity index (χ2v) is 9.73. The van der Waals surface area contributed by atoms with Gasteiger partial charge >= 0.3 is 0 Å². The fraction of sp³-hybridized carbons (Fsp3) is 0.214. The molecule has 0 bridgehead atoms. The zero-order valence-electron chi connectivity index (χ0n) is 19.7. The first-order chi connectivity index (χ1) is 16.3. The van der Waals surface area contributed by atoms with E-state index in [4.69, 9.17) is 23.8 Å². The van der Waals surface area contributed by atoms with Gasteiger partial charge in [-0.25, -0.2) is 0 Å². The molecule has 34 heavy (non-hydrogen) atoms. The third kappa shape index (κ3) is 3.89. The second kappa shape index (κ2) is 8.90. The lowest BCUT2D eigenvalue weighted by atomic mass is 9.96. The highest BCUT2D eigenvalue weighted by Crippen LogP contribution is 2.44. The Labute approximate surface area is 211 Å². The number of pyridine rings is 1. The molecule has 4 nitrogen and oxygen atoms in total. The number of nitrogens with one attached hydrogen (secondary N) is 1. The molecule has 1 aliphatic rings. The third-order valence-corrected chi connectivity index (χ3v) is 7.27. The van der Waals surface area contributed by atoms with E-state index >= 15 is 0 Å². The van der Waals surface area contributed by atoms with Crippen LogP contribution in [0.4, 0.5) is 5.69 Å². The van der Waals surface area contributed by atoms with Crippen molar-refractivity contribution in [1.29, 1.82) is 0 Å². The highest BCUT2D eigenvalue weighted by atomic mass is 35.5. The topological polar surface area (TPSA) is 33.1 Å². The Bertz CT molecular complexity index is 1380. The molecule has 1 N–H and O–H groups in total. The van der Waals surface area contributed by atoms with Crippen LogP contribution < -0.4 is 10.2 Å². The summed E-state index contributed by atoms with van der Waals surface area (Å²) in [5, 5.41) is 5.00. The number of thiocarbonyl (C=S) groups is 1. The fourth-order valence-electron chi connectivity index (χ4n) is 4.92. The maximum Gasteiger partial charge on any atom is 0.174 e. The van der Waals surface area contributed by atoms with Gasteiger partial charge in [0.1, 0.15) is 0 Å². The van der Waals surface area contributed by atoms with Gasteiger partial charge in [0.15, 0.2) is 5.11 Å². The largest absolute Gasteiger partial charge is 0.351 e. The van der Waals surface area contributed by atoms with E-state index in [1.165, 1.54) is 16.7 Å². The van der Waals surface area contributed by atoms with Crippen molar-refractivity contribution in [2.75, 3.05) is 4.90 Å². The molecule has 172 valence electrons. The number of rotatable bonds is 4. The van der Waals surface area contributed by atoms with Crippen LogP contribution in [-0.2, 0) is 0 Å². The van der Waals surface area contributed by atoms with E-state index in [1.807, 2.05) is 36.5 Å². The normalized spacial score (nSPS) is 17.8. The average molecular weight is 487 g/mol. The van der Waals surface area contributed by atoms with Gasteiger partial charge < -0.3 is 14.8 Å². The van der Waals surface area contributed by atoms with Crippen molar-refractivity contribution in [3.05, 3.63) is 112 Å². The minimum atomic E-state index is -0.0800. The zero-order valence-corrected chi connectivity index (χ0v) is 21.3. The van der Waals surface area contributed by atoms with Crippen molar-refractivity contribution in [2.45, 2.75) is 39.8 Å². The van der Waals surface area contributed by atoms with Crippen LogP contribution in [0.1, 0.15) is 45.9 Å². The fourth-order valence-corrected chi connectivity index (χ4v) is 5.45. The maximum atomic E-state index is 6.33. The first-order valence-corrected chi connectivity index (χ1v) is 12.2. The van der Waals surface area contributed by atoms with Crippen molar-refractivity contribution in [2.24, 2.45) is 0 Å². The first kappa shape index (κ1) is 22.6. The summed E-state index contributed by atoms with van der Waals surface area (Å²) < 4.78 is 2.26. The van der Waals surface area contributed by atoms with Gasteiger partial charge in [0.05, 0.1) is 17.8 Å². The lowest BCUT2D eigenvalue weighted by Crippen LogP contribution is -2.29. The number of aromatic nitrogens is 2. The summed E-state index contributed by atoms with van der Waals surface area (Å²) in [6.07, 6.45) is 1.84. The van der Waals surface area contributed by atoms with E-state index < -0.39 is 0 Å². The van der Waals surface area contributed by atoms with Crippen LogP contribution in [0.15, 0.2) is 72.9 Å². The van der Waals surface area contributed by atoms with Gasteiger partial charge in [0, 0.05) is 34.0 Å². The average Bonchev–Trinajstić information content (AvgIpc) is 3.31. The summed E-state index contributed by atoms with van der Waals surface area (Å²) in [5.41, 5.74) is 9.11. The highest BCUT2D eigenvalue weighted by molar-refractivity contribution is 7.80. The van der Waals surface area contributed by atoms with E-state index in [9.17, 15) is 0 Å². The van der Waals surface area contributed by atoms with Crippen LogP contribution in [0.2, 0.25) is 5.02 Å². The molecular formula is C28H27ClN4S. The molecule has 0 amide bonds. The molecular weight excluding hydrogens is 460 g/mol. The van der Waals surface area contributed by atoms with Gasteiger partial charge in [0.2, 0.25) is 0 Å². The Kier molecular flexibility index (Phi) is 5.92. The monoisotopic (exact) mass is 486 g/mol. The Morgan fingerprint density at radius 3 is 2.41 bits per heavy atom. The number of benzene rings is 2. The van der Waals surface area contributed by atoms with Crippen LogP contribution in [0.5, 0.6) is 0 Å². The van der Waals surface area contributed by atoms with Gasteiger partial charge in [-0.3, -0.25) is 4.98 Å². The van der Waals surface area contributed by atoms with Crippen molar-refractivity contribution in [3.63, 3.8) is 0 Å². The smallest absolute Gasteiger partial charge is 0.174 e. The molecule has 5 rings (SSSR count). The predicted octanol–water partition coefficient (Wildman–Crippen LogP) is 6.94. The van der Waals surface area contributed by atoms with Crippen molar-refractivity contribution >= 4 is 34.6 Å². The molecule has 3 heterocycles. The molecule has 0 aliphatic carbocycles. The standard InChI is InChI=1S/C28H27ClN4S/c1-17-11-12-23(14-18(17)2)33-27(26(31-28(33)34)25-10-5-6-13-30-25)24-15-19(3)32(20(24)4)22-9-7-8-21(29)16-22/h5-16,26-27H,1-4H3,(H,31,34)/t26-,27-/m1/s1. The van der Waals surface area contributed by atoms with E-state index in [2.05, 4.69) is 83.9 Å². The summed E-state index contributed by atoms with van der Waals surface area (Å²) in [6, 6.07) is 22.7. The number of nitrogens with zero attached hydrogens (tertiary/aromatic N) is 3. The van der Waals surface area contributed by atoms with Crippen LogP contribution in [-0.4, -0.2) is 14.7 Å². The van der Waals surface area contributed by atoms with Crippen LogP contribution in [0.3, 0.4) is 0 Å². The molecule has 1 aliphatic heterocycles. The van der Waals surface area contributed by atoms with Crippen molar-refractivity contribution in [1.82, 2.24) is 14.9 Å². The molecule has 0 radical (unpaired) electrons. The summed E-state index contributed by atoms with van der Waals surface area (Å²) >= 11 is 12.2. The Morgan fingerprint density at radius 2 is 1.71 bits per heavy atom. The van der Waals surface area contributed by atoms with E-state index in [0.29, 0.717) is 5.11 Å². The molecule has 0 saturated carbocycles. The van der Waals surface area contributed by atoms with E-state index in [-0.39, 0.29) is 12.1 Å². The Hall–Kier alpha value is -3.15. The van der Waals surface area contributed by atoms with Gasteiger partial charge in [-0.1, -0.05) is 29.8 Å². The SMILES string of the molecule is Cc1ccc(N2C(=S)N[C@H](c3ccccn3)[C@H]2c2cc(C)n(-c3cccc(Cl)c3)c2C)cc1C. The molecule has 6 heteroatoms. The molecule has 2 atom stereocenters. The molecule has 1 fully saturated rings. The number of hydrogen-bond donors (Lipinski definition) is 1. The maximum absolute atomic E-state index is 6.33. The molecule has 4 aromatic rings. The lowest BCUT2D eigenvalue weighted by molar-refractivity contribution is 0.565. The van der Waals surface area contributed by atoms with Gasteiger partial charge in [0.25, 0.3) is 0 Å². The minimum absolute atomic E-state index is 0.0522. The predicted molar refractivity (Wildman–Crippen MR) is 144 cm³/mol. The second-order valence-electron chi connectivity index (χ2n) is 8.91. The number of hydrogen-bond acceptors (Lipinski definition) is 2. The first-order valence-electron chi connectivity index (χ1n) is 11.4. The number of anilines is 1. The van der Waals surface area contributed by atoms with Gasteiger partial charge in [-0.15, -0.1) is 0 Å². The van der Waals surface area contributed by atoms with Crippen LogP contribution in [0, 0.1) is 27.7 Å². The number of halogens is 1. The molecule has 0 spiro atoms. The molecule has 2 aromatic carbocycles. The van der Waals surface area contributed by atoms with Gasteiger partial charge in [-0.2, -0.15) is 0 Å². The summed E-state index contributed by atoms with van der Waals surface area (Å²) in [4.78, 5) is 6.93. The summed E-state index contributed by atoms with van der Waals surface area (Å²) in [6.45, 7) is 8.57. The minimum Gasteiger partial charge on any atom is -0.351 e. The third-order valence-electron chi connectivity index (χ3n) is 6.72. The van der Waals surface area contributed by atoms with Gasteiger partial charge in [-0.05, 0) is 105 Å². The summed E-state index contributed by atoms with van der Waals surface area (Å²) in [7, 11) is 0. The summed E-state index contributed by atoms with van der Waals surface area (Å²) in [5.74, 6) is 0. The zero-order chi connectivity index (χ0) is 24.0. The molecule has 2 aromatic heterocycles. The Morgan fingerprint density at radius 1 is 0.882 bits per heavy atom. The Balaban J connectivity index is 1.69. The quantitative estimate of drug-likeness (QED) is 0.317. The van der Waals surface area contributed by atoms with Crippen LogP contribution >= 0.6 is 23.8 Å². The van der Waals surface area contributed by atoms with Crippen LogP contribution in [0.25, 0.3) is 5.69 Å². The van der Waals surface area contributed by atoms with E-state index in [1.54, 1.807) is 0 Å². The highest BCUT2D eigenvalue weighted by Gasteiger charge is 2.42.